The van der Waals surface area contributed by atoms with Crippen molar-refractivity contribution >= 4 is 33.3 Å². The number of nitrogens with zero attached hydrogens (tertiary/aromatic N) is 3. The molecule has 128 valence electrons. The highest BCUT2D eigenvalue weighted by atomic mass is 79.9. The van der Waals surface area contributed by atoms with Crippen molar-refractivity contribution in [3.63, 3.8) is 0 Å². The van der Waals surface area contributed by atoms with Crippen LogP contribution in [0.25, 0.3) is 5.69 Å². The van der Waals surface area contributed by atoms with E-state index in [-0.39, 0.29) is 10.6 Å². The van der Waals surface area contributed by atoms with Crippen LogP contribution in [0.3, 0.4) is 0 Å². The van der Waals surface area contributed by atoms with Gasteiger partial charge in [-0.3, -0.25) is 9.36 Å². The number of hydrogen-bond acceptors (Lipinski definition) is 3. The van der Waals surface area contributed by atoms with E-state index in [1.54, 1.807) is 23.6 Å². The standard InChI is InChI=1S/C17H11BrClF2N3O/c1-9-22-23-15(8-18)24(9)14-6-5-10(19)7-11(14)17(25)16-12(20)3-2-4-13(16)21/h2-7H,8H2,1H3. The third-order valence-corrected chi connectivity index (χ3v) is 4.38. The minimum atomic E-state index is -0.933. The molecule has 0 bridgehead atoms. The van der Waals surface area contributed by atoms with Gasteiger partial charge < -0.3 is 0 Å². The highest BCUT2D eigenvalue weighted by molar-refractivity contribution is 9.08. The lowest BCUT2D eigenvalue weighted by Crippen LogP contribution is -2.13. The smallest absolute Gasteiger partial charge is 0.201 e. The fourth-order valence-electron chi connectivity index (χ4n) is 2.54. The third kappa shape index (κ3) is 3.21. The number of rotatable bonds is 4. The molecule has 2 aromatic carbocycles. The number of carbonyl (C=O) groups excluding carboxylic acids is 1. The van der Waals surface area contributed by atoms with E-state index in [4.69, 9.17) is 11.6 Å². The molecule has 25 heavy (non-hydrogen) atoms. The minimum Gasteiger partial charge on any atom is -0.288 e. The molecule has 0 N–H and O–H groups in total. The monoisotopic (exact) mass is 425 g/mol. The van der Waals surface area contributed by atoms with Gasteiger partial charge in [0.1, 0.15) is 23.3 Å². The van der Waals surface area contributed by atoms with Crippen LogP contribution in [0, 0.1) is 18.6 Å². The highest BCUT2D eigenvalue weighted by Gasteiger charge is 2.24. The number of ketones is 1. The van der Waals surface area contributed by atoms with Gasteiger partial charge >= 0.3 is 0 Å². The second-order valence-corrected chi connectivity index (χ2v) is 6.22. The van der Waals surface area contributed by atoms with Gasteiger partial charge in [0.05, 0.1) is 16.6 Å². The molecule has 0 spiro atoms. The first-order valence-corrected chi connectivity index (χ1v) is 8.69. The summed E-state index contributed by atoms with van der Waals surface area (Å²) >= 11 is 9.32. The zero-order valence-electron chi connectivity index (χ0n) is 12.9. The molecule has 0 aliphatic heterocycles. The maximum absolute atomic E-state index is 14.1. The summed E-state index contributed by atoms with van der Waals surface area (Å²) in [4.78, 5) is 12.9. The van der Waals surface area contributed by atoms with Crippen molar-refractivity contribution in [1.29, 1.82) is 0 Å². The Labute approximate surface area is 155 Å². The summed E-state index contributed by atoms with van der Waals surface area (Å²) in [6.07, 6.45) is 0. The van der Waals surface area contributed by atoms with Gasteiger partial charge in [0, 0.05) is 10.6 Å². The van der Waals surface area contributed by atoms with Gasteiger partial charge in [-0.15, -0.1) is 10.2 Å². The number of alkyl halides is 1. The summed E-state index contributed by atoms with van der Waals surface area (Å²) in [5.41, 5.74) is -0.173. The normalized spacial score (nSPS) is 10.9. The van der Waals surface area contributed by atoms with Gasteiger partial charge in [0.25, 0.3) is 0 Å². The van der Waals surface area contributed by atoms with Crippen molar-refractivity contribution in [2.75, 3.05) is 0 Å². The number of carbonyl (C=O) groups is 1. The van der Waals surface area contributed by atoms with Crippen molar-refractivity contribution in [1.82, 2.24) is 14.8 Å². The zero-order valence-corrected chi connectivity index (χ0v) is 15.3. The SMILES string of the molecule is Cc1nnc(CBr)n1-c1ccc(Cl)cc1C(=O)c1c(F)cccc1F. The molecule has 0 unspecified atom stereocenters. The Balaban J connectivity index is 2.25. The van der Waals surface area contributed by atoms with Crippen LogP contribution in [0.1, 0.15) is 27.6 Å². The minimum absolute atomic E-state index is 0.0570. The van der Waals surface area contributed by atoms with E-state index in [1.807, 2.05) is 0 Å². The molecule has 0 saturated heterocycles. The Morgan fingerprint density at radius 1 is 1.20 bits per heavy atom. The molecule has 1 heterocycles. The van der Waals surface area contributed by atoms with Crippen LogP contribution >= 0.6 is 27.5 Å². The van der Waals surface area contributed by atoms with Crippen LogP contribution in [0.4, 0.5) is 8.78 Å². The fraction of sp³-hybridized carbons (Fsp3) is 0.118. The topological polar surface area (TPSA) is 47.8 Å². The maximum atomic E-state index is 14.1. The van der Waals surface area contributed by atoms with Crippen molar-refractivity contribution < 1.29 is 13.6 Å². The molecule has 0 aliphatic carbocycles. The van der Waals surface area contributed by atoms with E-state index >= 15 is 0 Å². The van der Waals surface area contributed by atoms with Gasteiger partial charge in [-0.2, -0.15) is 0 Å². The van der Waals surface area contributed by atoms with E-state index in [9.17, 15) is 13.6 Å². The van der Waals surface area contributed by atoms with Crippen molar-refractivity contribution in [3.8, 4) is 5.69 Å². The Bertz CT molecular complexity index is 954. The van der Waals surface area contributed by atoms with Gasteiger partial charge in [-0.05, 0) is 37.3 Å². The lowest BCUT2D eigenvalue weighted by molar-refractivity contribution is 0.103. The third-order valence-electron chi connectivity index (χ3n) is 3.65. The predicted octanol–water partition coefficient (Wildman–Crippen LogP) is 4.63. The van der Waals surface area contributed by atoms with Gasteiger partial charge in [0.2, 0.25) is 5.78 Å². The molecule has 1 aromatic heterocycles. The Morgan fingerprint density at radius 3 is 2.52 bits per heavy atom. The number of benzene rings is 2. The summed E-state index contributed by atoms with van der Waals surface area (Å²) in [5.74, 6) is -1.60. The molecule has 8 heteroatoms. The molecule has 0 aliphatic rings. The molecule has 3 aromatic rings. The molecule has 0 radical (unpaired) electrons. The molecule has 0 atom stereocenters. The summed E-state index contributed by atoms with van der Waals surface area (Å²) in [7, 11) is 0. The predicted molar refractivity (Wildman–Crippen MR) is 93.5 cm³/mol. The molecule has 0 amide bonds. The van der Waals surface area contributed by atoms with Crippen LogP contribution in [0.5, 0.6) is 0 Å². The summed E-state index contributed by atoms with van der Waals surface area (Å²) < 4.78 is 29.7. The second kappa shape index (κ2) is 7.01. The first kappa shape index (κ1) is 17.7. The highest BCUT2D eigenvalue weighted by Crippen LogP contribution is 2.27. The van der Waals surface area contributed by atoms with Crippen LogP contribution in [-0.2, 0) is 5.33 Å². The first-order valence-electron chi connectivity index (χ1n) is 7.19. The molecular weight excluding hydrogens is 416 g/mol. The van der Waals surface area contributed by atoms with Gasteiger partial charge in [-0.1, -0.05) is 33.6 Å². The lowest BCUT2D eigenvalue weighted by Gasteiger charge is -2.14. The quantitative estimate of drug-likeness (QED) is 0.451. The largest absolute Gasteiger partial charge is 0.288 e. The van der Waals surface area contributed by atoms with Crippen molar-refractivity contribution in [2.24, 2.45) is 0 Å². The lowest BCUT2D eigenvalue weighted by atomic mass is 10.00. The summed E-state index contributed by atoms with van der Waals surface area (Å²) in [6, 6.07) is 7.83. The maximum Gasteiger partial charge on any atom is 0.201 e. The summed E-state index contributed by atoms with van der Waals surface area (Å²) in [6.45, 7) is 1.71. The zero-order chi connectivity index (χ0) is 18.1. The number of halogens is 4. The van der Waals surface area contributed by atoms with E-state index < -0.39 is 23.0 Å². The Hall–Kier alpha value is -2.12. The van der Waals surface area contributed by atoms with E-state index in [0.717, 1.165) is 12.1 Å². The average molecular weight is 427 g/mol. The number of aromatic nitrogens is 3. The average Bonchev–Trinajstić information content (AvgIpc) is 2.95. The van der Waals surface area contributed by atoms with E-state index in [2.05, 4.69) is 26.1 Å². The number of hydrogen-bond donors (Lipinski definition) is 0. The molecule has 3 rings (SSSR count). The second-order valence-electron chi connectivity index (χ2n) is 5.22. The van der Waals surface area contributed by atoms with Crippen LogP contribution < -0.4 is 0 Å². The number of aryl methyl sites for hydroxylation is 1. The van der Waals surface area contributed by atoms with E-state index in [1.165, 1.54) is 12.1 Å². The molecule has 4 nitrogen and oxygen atoms in total. The van der Waals surface area contributed by atoms with Crippen LogP contribution in [0.2, 0.25) is 5.02 Å². The Morgan fingerprint density at radius 2 is 1.88 bits per heavy atom. The molecule has 0 saturated carbocycles. The molecule has 0 fully saturated rings. The fourth-order valence-corrected chi connectivity index (χ4v) is 3.08. The van der Waals surface area contributed by atoms with Gasteiger partial charge in [0.15, 0.2) is 0 Å². The van der Waals surface area contributed by atoms with Crippen molar-refractivity contribution in [3.05, 3.63) is 75.8 Å². The first-order chi connectivity index (χ1) is 11.9. The van der Waals surface area contributed by atoms with Crippen LogP contribution in [0.15, 0.2) is 36.4 Å². The molecular formula is C17H11BrClF2N3O. The Kier molecular flexibility index (Phi) is 4.96. The van der Waals surface area contributed by atoms with Crippen molar-refractivity contribution in [2.45, 2.75) is 12.3 Å². The summed E-state index contributed by atoms with van der Waals surface area (Å²) in [5, 5.41) is 8.66. The van der Waals surface area contributed by atoms with Gasteiger partial charge in [-0.25, -0.2) is 8.78 Å². The van der Waals surface area contributed by atoms with Crippen LogP contribution in [-0.4, -0.2) is 20.5 Å². The van der Waals surface area contributed by atoms with E-state index in [0.29, 0.717) is 22.7 Å².